The highest BCUT2D eigenvalue weighted by Gasteiger charge is 2.30. The Morgan fingerprint density at radius 3 is 3.00 bits per heavy atom. The maximum Gasteiger partial charge on any atom is 0.330 e. The van der Waals surface area contributed by atoms with Crippen molar-refractivity contribution >= 4 is 22.9 Å². The zero-order valence-electron chi connectivity index (χ0n) is 10.9. The van der Waals surface area contributed by atoms with Gasteiger partial charge in [0.1, 0.15) is 23.7 Å². The molecule has 7 nitrogen and oxygen atoms in total. The number of nitrogens with zero attached hydrogens (tertiary/aromatic N) is 3. The highest BCUT2D eigenvalue weighted by atomic mass is 16.4. The zero-order chi connectivity index (χ0) is 14.8. The second-order valence-corrected chi connectivity index (χ2v) is 4.52. The van der Waals surface area contributed by atoms with E-state index in [0.29, 0.717) is 11.0 Å². The van der Waals surface area contributed by atoms with E-state index < -0.39 is 17.9 Å². The first-order valence-electron chi connectivity index (χ1n) is 6.33. The number of carboxylic acid groups (broad SMARTS) is 1. The van der Waals surface area contributed by atoms with Crippen LogP contribution in [0.15, 0.2) is 42.9 Å². The molecule has 0 bridgehead atoms. The largest absolute Gasteiger partial charge is 0.479 e. The summed E-state index contributed by atoms with van der Waals surface area (Å²) < 4.78 is 0. The van der Waals surface area contributed by atoms with E-state index in [1.165, 1.54) is 17.3 Å². The molecule has 0 spiro atoms. The Labute approximate surface area is 119 Å². The van der Waals surface area contributed by atoms with E-state index in [-0.39, 0.29) is 12.2 Å². The summed E-state index contributed by atoms with van der Waals surface area (Å²) >= 11 is 0. The van der Waals surface area contributed by atoms with Crippen LogP contribution in [0.4, 0.5) is 0 Å². The van der Waals surface area contributed by atoms with Crippen LogP contribution in [0, 0.1) is 0 Å². The molecule has 0 saturated carbocycles. The Morgan fingerprint density at radius 1 is 1.33 bits per heavy atom. The molecule has 1 aliphatic heterocycles. The van der Waals surface area contributed by atoms with Gasteiger partial charge in [-0.05, 0) is 6.07 Å². The van der Waals surface area contributed by atoms with Crippen molar-refractivity contribution in [2.45, 2.75) is 6.04 Å². The van der Waals surface area contributed by atoms with Crippen LogP contribution in [0.3, 0.4) is 0 Å². The van der Waals surface area contributed by atoms with Crippen LogP contribution in [-0.4, -0.2) is 49.4 Å². The lowest BCUT2D eigenvalue weighted by Crippen LogP contribution is -2.44. The van der Waals surface area contributed by atoms with Gasteiger partial charge in [-0.1, -0.05) is 24.3 Å². The average Bonchev–Trinajstić information content (AvgIpc) is 2.81. The molecule has 3 heterocycles. The van der Waals surface area contributed by atoms with Crippen molar-refractivity contribution in [2.24, 2.45) is 0 Å². The smallest absolute Gasteiger partial charge is 0.330 e. The number of allylic oxidation sites excluding steroid dienone is 2. The van der Waals surface area contributed by atoms with Gasteiger partial charge in [0.15, 0.2) is 0 Å². The highest BCUT2D eigenvalue weighted by Crippen LogP contribution is 2.17. The summed E-state index contributed by atoms with van der Waals surface area (Å²) in [7, 11) is 0. The second-order valence-electron chi connectivity index (χ2n) is 4.52. The van der Waals surface area contributed by atoms with Gasteiger partial charge in [-0.3, -0.25) is 4.79 Å². The molecule has 1 amide bonds. The zero-order valence-corrected chi connectivity index (χ0v) is 10.9. The Balaban J connectivity index is 2.03. The van der Waals surface area contributed by atoms with Gasteiger partial charge in [0.25, 0.3) is 5.91 Å². The molecular formula is C14H12N4O3. The summed E-state index contributed by atoms with van der Waals surface area (Å²) in [4.78, 5) is 36.2. The standard InChI is InChI=1S/C14H12N4O3/c19-13(11-9-5-6-15-12(9)17-8-16-11)18-7-3-1-2-4-10(18)14(20)21/h1-6,8,10H,7H2,(H,20,21)(H,15,16,17)/t10-/m0/s1. The van der Waals surface area contributed by atoms with Crippen LogP contribution in [-0.2, 0) is 4.79 Å². The highest BCUT2D eigenvalue weighted by molar-refractivity contribution is 6.05. The lowest BCUT2D eigenvalue weighted by Gasteiger charge is -2.24. The number of fused-ring (bicyclic) bond motifs is 1. The molecule has 7 heteroatoms. The lowest BCUT2D eigenvalue weighted by molar-refractivity contribution is -0.140. The van der Waals surface area contributed by atoms with Crippen LogP contribution in [0.5, 0.6) is 0 Å². The van der Waals surface area contributed by atoms with E-state index in [0.717, 1.165) is 0 Å². The van der Waals surface area contributed by atoms with Crippen molar-refractivity contribution in [3.05, 3.63) is 48.6 Å². The van der Waals surface area contributed by atoms with Gasteiger partial charge in [-0.2, -0.15) is 0 Å². The molecule has 0 aromatic carbocycles. The summed E-state index contributed by atoms with van der Waals surface area (Å²) in [5.41, 5.74) is 0.734. The molecule has 0 aliphatic carbocycles. The van der Waals surface area contributed by atoms with Crippen molar-refractivity contribution in [2.75, 3.05) is 6.54 Å². The van der Waals surface area contributed by atoms with Gasteiger partial charge < -0.3 is 15.0 Å². The van der Waals surface area contributed by atoms with Crippen LogP contribution >= 0.6 is 0 Å². The summed E-state index contributed by atoms with van der Waals surface area (Å²) in [6.45, 7) is 0.207. The number of aliphatic carboxylic acids is 1. The van der Waals surface area contributed by atoms with Crippen molar-refractivity contribution in [3.8, 4) is 0 Å². The minimum atomic E-state index is -1.08. The Hall–Kier alpha value is -2.96. The molecular weight excluding hydrogens is 272 g/mol. The number of H-pyrrole nitrogens is 1. The molecule has 2 aromatic rings. The van der Waals surface area contributed by atoms with Crippen molar-refractivity contribution in [1.82, 2.24) is 19.9 Å². The van der Waals surface area contributed by atoms with Gasteiger partial charge in [0.2, 0.25) is 0 Å². The summed E-state index contributed by atoms with van der Waals surface area (Å²) in [6.07, 6.45) is 9.48. The summed E-state index contributed by atoms with van der Waals surface area (Å²) in [5.74, 6) is -1.52. The Bertz CT molecular complexity index is 762. The predicted molar refractivity (Wildman–Crippen MR) is 74.6 cm³/mol. The number of rotatable bonds is 2. The third-order valence-corrected chi connectivity index (χ3v) is 3.25. The molecule has 2 aromatic heterocycles. The van der Waals surface area contributed by atoms with Crippen molar-refractivity contribution in [3.63, 3.8) is 0 Å². The third-order valence-electron chi connectivity index (χ3n) is 3.25. The van der Waals surface area contributed by atoms with Gasteiger partial charge in [0.05, 0.1) is 5.39 Å². The average molecular weight is 284 g/mol. The number of carbonyl (C=O) groups excluding carboxylic acids is 1. The molecule has 3 rings (SSSR count). The van der Waals surface area contributed by atoms with E-state index in [4.69, 9.17) is 0 Å². The fourth-order valence-corrected chi connectivity index (χ4v) is 2.24. The first kappa shape index (κ1) is 13.0. The van der Waals surface area contributed by atoms with Gasteiger partial charge in [-0.15, -0.1) is 0 Å². The van der Waals surface area contributed by atoms with Gasteiger partial charge in [0, 0.05) is 12.7 Å². The maximum absolute atomic E-state index is 12.7. The van der Waals surface area contributed by atoms with Gasteiger partial charge >= 0.3 is 5.97 Å². The lowest BCUT2D eigenvalue weighted by atomic mass is 10.2. The predicted octanol–water partition coefficient (Wildman–Crippen LogP) is 0.979. The molecule has 0 saturated heterocycles. The fourth-order valence-electron chi connectivity index (χ4n) is 2.24. The normalized spacial score (nSPS) is 17.9. The number of hydrogen-bond donors (Lipinski definition) is 2. The summed E-state index contributed by atoms with van der Waals surface area (Å²) in [5, 5.41) is 9.86. The number of nitrogens with one attached hydrogen (secondary N) is 1. The monoisotopic (exact) mass is 284 g/mol. The molecule has 0 fully saturated rings. The molecule has 1 atom stereocenters. The number of carbonyl (C=O) groups is 2. The van der Waals surface area contributed by atoms with Crippen LogP contribution in [0.25, 0.3) is 11.0 Å². The first-order chi connectivity index (χ1) is 10.2. The summed E-state index contributed by atoms with van der Waals surface area (Å²) in [6, 6.07) is 0.679. The molecule has 2 N–H and O–H groups in total. The number of hydrogen-bond acceptors (Lipinski definition) is 4. The number of carboxylic acids is 1. The molecule has 0 radical (unpaired) electrons. The first-order valence-corrected chi connectivity index (χ1v) is 6.33. The topological polar surface area (TPSA) is 99.2 Å². The Morgan fingerprint density at radius 2 is 2.19 bits per heavy atom. The molecule has 106 valence electrons. The van der Waals surface area contributed by atoms with Gasteiger partial charge in [-0.25, -0.2) is 14.8 Å². The Kier molecular flexibility index (Phi) is 3.23. The third kappa shape index (κ3) is 2.29. The number of amides is 1. The van der Waals surface area contributed by atoms with Crippen LogP contribution in [0.1, 0.15) is 10.5 Å². The van der Waals surface area contributed by atoms with Crippen molar-refractivity contribution in [1.29, 1.82) is 0 Å². The quantitative estimate of drug-likeness (QED) is 0.856. The SMILES string of the molecule is O=C(O)[C@@H]1C=CC=CCN1C(=O)c1ncnc2[nH]ccc12. The minimum absolute atomic E-state index is 0.191. The van der Waals surface area contributed by atoms with Crippen molar-refractivity contribution < 1.29 is 14.7 Å². The van der Waals surface area contributed by atoms with E-state index in [9.17, 15) is 14.7 Å². The number of aromatic amines is 1. The molecule has 1 aliphatic rings. The van der Waals surface area contributed by atoms with E-state index in [1.807, 2.05) is 0 Å². The fraction of sp³-hybridized carbons (Fsp3) is 0.143. The second kappa shape index (κ2) is 5.20. The van der Waals surface area contributed by atoms with E-state index >= 15 is 0 Å². The van der Waals surface area contributed by atoms with E-state index in [2.05, 4.69) is 15.0 Å². The van der Waals surface area contributed by atoms with Crippen LogP contribution in [0.2, 0.25) is 0 Å². The molecule has 21 heavy (non-hydrogen) atoms. The molecule has 0 unspecified atom stereocenters. The van der Waals surface area contributed by atoms with Crippen LogP contribution < -0.4 is 0 Å². The van der Waals surface area contributed by atoms with E-state index in [1.54, 1.807) is 30.5 Å². The number of aromatic nitrogens is 3. The minimum Gasteiger partial charge on any atom is -0.479 e. The maximum atomic E-state index is 12.7.